The summed E-state index contributed by atoms with van der Waals surface area (Å²) in [7, 11) is 1.56. The van der Waals surface area contributed by atoms with Crippen molar-refractivity contribution in [3.8, 4) is 0 Å². The molecule has 6 heteroatoms. The number of urea groups is 1. The summed E-state index contributed by atoms with van der Waals surface area (Å²) in [5.74, 6) is -1.41. The third-order valence-electron chi connectivity index (χ3n) is 2.84. The Morgan fingerprint density at radius 1 is 1.40 bits per heavy atom. The van der Waals surface area contributed by atoms with Gasteiger partial charge in [-0.1, -0.05) is 25.1 Å². The Balaban J connectivity index is 2.44. The number of carboxylic acid groups (broad SMARTS) is 1. The lowest BCUT2D eigenvalue weighted by Crippen LogP contribution is -2.39. The molecular formula is C14H19FN2O3. The number of hydrogen-bond acceptors (Lipinski definition) is 2. The summed E-state index contributed by atoms with van der Waals surface area (Å²) >= 11 is 0. The number of rotatable bonds is 6. The van der Waals surface area contributed by atoms with E-state index in [0.29, 0.717) is 5.56 Å². The molecule has 1 aromatic carbocycles. The number of halogens is 1. The predicted octanol–water partition coefficient (Wildman–Crippen LogP) is 2.08. The number of carbonyl (C=O) groups excluding carboxylic acids is 1. The van der Waals surface area contributed by atoms with Crippen LogP contribution >= 0.6 is 0 Å². The molecule has 0 radical (unpaired) electrons. The Kier molecular flexibility index (Phi) is 5.96. The number of benzene rings is 1. The molecule has 0 aromatic heterocycles. The number of carboxylic acids is 1. The summed E-state index contributed by atoms with van der Waals surface area (Å²) in [6.07, 6.45) is -0.00267. The largest absolute Gasteiger partial charge is 0.481 e. The molecule has 1 rings (SSSR count). The number of nitrogens with zero attached hydrogens (tertiary/aromatic N) is 1. The lowest BCUT2D eigenvalue weighted by Gasteiger charge is -2.19. The molecule has 0 aliphatic carbocycles. The van der Waals surface area contributed by atoms with Crippen LogP contribution in [-0.2, 0) is 11.3 Å². The van der Waals surface area contributed by atoms with Gasteiger partial charge in [0.05, 0.1) is 0 Å². The van der Waals surface area contributed by atoms with Crippen molar-refractivity contribution in [1.29, 1.82) is 0 Å². The van der Waals surface area contributed by atoms with E-state index in [0.717, 1.165) is 0 Å². The van der Waals surface area contributed by atoms with E-state index in [-0.39, 0.29) is 37.3 Å². The van der Waals surface area contributed by atoms with Gasteiger partial charge in [-0.3, -0.25) is 4.79 Å². The normalized spacial score (nSPS) is 11.8. The molecule has 1 unspecified atom stereocenters. The molecule has 110 valence electrons. The van der Waals surface area contributed by atoms with Gasteiger partial charge in [0.15, 0.2) is 0 Å². The highest BCUT2D eigenvalue weighted by atomic mass is 19.1. The molecule has 0 heterocycles. The summed E-state index contributed by atoms with van der Waals surface area (Å²) < 4.78 is 13.4. The molecule has 0 saturated carbocycles. The first-order valence-electron chi connectivity index (χ1n) is 6.34. The number of aliphatic carboxylic acids is 1. The standard InChI is InChI=1S/C14H19FN2O3/c1-10(7-13(18)19)8-16-14(20)17(2)9-11-5-3-4-6-12(11)15/h3-6,10H,7-9H2,1-2H3,(H,16,20)(H,18,19). The SMILES string of the molecule is CC(CNC(=O)N(C)Cc1ccccc1F)CC(=O)O. The van der Waals surface area contributed by atoms with Gasteiger partial charge < -0.3 is 15.3 Å². The van der Waals surface area contributed by atoms with Crippen molar-refractivity contribution in [2.24, 2.45) is 5.92 Å². The van der Waals surface area contributed by atoms with Gasteiger partial charge in [-0.05, 0) is 12.0 Å². The van der Waals surface area contributed by atoms with Gasteiger partial charge in [0.25, 0.3) is 0 Å². The Morgan fingerprint density at radius 2 is 2.05 bits per heavy atom. The summed E-state index contributed by atoms with van der Waals surface area (Å²) in [5.41, 5.74) is 0.434. The quantitative estimate of drug-likeness (QED) is 0.839. The van der Waals surface area contributed by atoms with Crippen LogP contribution in [-0.4, -0.2) is 35.6 Å². The second kappa shape index (κ2) is 7.47. The highest BCUT2D eigenvalue weighted by molar-refractivity contribution is 5.74. The average Bonchev–Trinajstić information content (AvgIpc) is 2.37. The van der Waals surface area contributed by atoms with E-state index in [1.807, 2.05) is 0 Å². The molecule has 0 aliphatic rings. The van der Waals surface area contributed by atoms with Crippen molar-refractivity contribution in [1.82, 2.24) is 10.2 Å². The maximum atomic E-state index is 13.4. The Morgan fingerprint density at radius 3 is 2.65 bits per heavy atom. The smallest absolute Gasteiger partial charge is 0.317 e. The first-order chi connectivity index (χ1) is 9.40. The van der Waals surface area contributed by atoms with E-state index >= 15 is 0 Å². The van der Waals surface area contributed by atoms with E-state index in [9.17, 15) is 14.0 Å². The minimum atomic E-state index is -0.897. The fourth-order valence-corrected chi connectivity index (χ4v) is 1.72. The zero-order valence-electron chi connectivity index (χ0n) is 11.6. The number of nitrogens with one attached hydrogen (secondary N) is 1. The summed E-state index contributed by atoms with van der Waals surface area (Å²) in [5, 5.41) is 11.2. The van der Waals surface area contributed by atoms with Gasteiger partial charge in [0, 0.05) is 32.1 Å². The van der Waals surface area contributed by atoms with Crippen molar-refractivity contribution < 1.29 is 19.1 Å². The fraction of sp³-hybridized carbons (Fsp3) is 0.429. The molecule has 0 spiro atoms. The first-order valence-corrected chi connectivity index (χ1v) is 6.34. The number of amides is 2. The fourth-order valence-electron chi connectivity index (χ4n) is 1.72. The third kappa shape index (κ3) is 5.26. The van der Waals surface area contributed by atoms with E-state index in [4.69, 9.17) is 5.11 Å². The van der Waals surface area contributed by atoms with Crippen molar-refractivity contribution in [2.45, 2.75) is 19.9 Å². The van der Waals surface area contributed by atoms with Crippen molar-refractivity contribution in [3.63, 3.8) is 0 Å². The molecule has 0 aliphatic heterocycles. The highest BCUT2D eigenvalue weighted by Gasteiger charge is 2.13. The van der Waals surface area contributed by atoms with E-state index in [1.54, 1.807) is 32.2 Å². The average molecular weight is 282 g/mol. The molecule has 20 heavy (non-hydrogen) atoms. The van der Waals surface area contributed by atoms with Gasteiger partial charge >= 0.3 is 12.0 Å². The van der Waals surface area contributed by atoms with Gasteiger partial charge in [0.2, 0.25) is 0 Å². The second-order valence-corrected chi connectivity index (χ2v) is 4.84. The van der Waals surface area contributed by atoms with Crippen LogP contribution in [0.2, 0.25) is 0 Å². The van der Waals surface area contributed by atoms with Gasteiger partial charge in [-0.25, -0.2) is 9.18 Å². The van der Waals surface area contributed by atoms with Crippen molar-refractivity contribution in [3.05, 3.63) is 35.6 Å². The molecule has 0 bridgehead atoms. The van der Waals surface area contributed by atoms with E-state index < -0.39 is 5.97 Å². The molecule has 2 amide bonds. The first kappa shape index (κ1) is 15.9. The maximum absolute atomic E-state index is 13.4. The summed E-state index contributed by atoms with van der Waals surface area (Å²) in [6.45, 7) is 2.17. The van der Waals surface area contributed by atoms with E-state index in [2.05, 4.69) is 5.32 Å². The van der Waals surface area contributed by atoms with Crippen LogP contribution < -0.4 is 5.32 Å². The van der Waals surface area contributed by atoms with Crippen LogP contribution in [0.3, 0.4) is 0 Å². The summed E-state index contributed by atoms with van der Waals surface area (Å²) in [6, 6.07) is 5.90. The van der Waals surface area contributed by atoms with Crippen LogP contribution in [0.5, 0.6) is 0 Å². The zero-order chi connectivity index (χ0) is 15.1. The van der Waals surface area contributed by atoms with E-state index in [1.165, 1.54) is 11.0 Å². The Hall–Kier alpha value is -2.11. The van der Waals surface area contributed by atoms with Crippen LogP contribution in [0.1, 0.15) is 18.9 Å². The predicted molar refractivity (Wildman–Crippen MR) is 72.7 cm³/mol. The van der Waals surface area contributed by atoms with Gasteiger partial charge in [-0.2, -0.15) is 0 Å². The highest BCUT2D eigenvalue weighted by Crippen LogP contribution is 2.09. The third-order valence-corrected chi connectivity index (χ3v) is 2.84. The lowest BCUT2D eigenvalue weighted by molar-refractivity contribution is -0.137. The molecule has 5 nitrogen and oxygen atoms in total. The minimum Gasteiger partial charge on any atom is -0.481 e. The molecule has 1 aromatic rings. The Labute approximate surface area is 117 Å². The van der Waals surface area contributed by atoms with Crippen LogP contribution in [0.15, 0.2) is 24.3 Å². The van der Waals surface area contributed by atoms with Gasteiger partial charge in [0.1, 0.15) is 5.82 Å². The minimum absolute atomic E-state index is 0.00267. The molecule has 1 atom stereocenters. The van der Waals surface area contributed by atoms with Crippen LogP contribution in [0.4, 0.5) is 9.18 Å². The summed E-state index contributed by atoms with van der Waals surface area (Å²) in [4.78, 5) is 23.6. The van der Waals surface area contributed by atoms with Crippen LogP contribution in [0.25, 0.3) is 0 Å². The topological polar surface area (TPSA) is 69.6 Å². The van der Waals surface area contributed by atoms with Crippen molar-refractivity contribution >= 4 is 12.0 Å². The monoisotopic (exact) mass is 282 g/mol. The van der Waals surface area contributed by atoms with Gasteiger partial charge in [-0.15, -0.1) is 0 Å². The lowest BCUT2D eigenvalue weighted by atomic mass is 10.1. The maximum Gasteiger partial charge on any atom is 0.317 e. The molecular weight excluding hydrogens is 263 g/mol. The molecule has 0 fully saturated rings. The van der Waals surface area contributed by atoms with Crippen molar-refractivity contribution in [2.75, 3.05) is 13.6 Å². The molecule has 2 N–H and O–H groups in total. The zero-order valence-corrected chi connectivity index (χ0v) is 11.6. The number of hydrogen-bond donors (Lipinski definition) is 2. The Bertz CT molecular complexity index is 479. The van der Waals surface area contributed by atoms with Crippen LogP contribution in [0, 0.1) is 11.7 Å². The number of carbonyl (C=O) groups is 2. The molecule has 0 saturated heterocycles. The second-order valence-electron chi connectivity index (χ2n) is 4.84.